The molecule has 0 atom stereocenters. The number of hydrogen-bond donors (Lipinski definition) is 1. The molecule has 0 bridgehead atoms. The SMILES string of the molecule is CC1(C)OB(c2cccc3[nH]c(C#N)cc23)OC1(C)C.CC1(C)O[B]OC1(C)C. The standard InChI is InChI=1S/C15H17BN2O2.C6H12BO2/c1-14(2)15(3,4)20-16(19-14)12-6-5-7-13-11(12)8-10(9-17)18-13;1-5(2)6(3,4)9-7-8-5/h5-8,18H,1-4H3;1-4H3. The Hall–Kier alpha value is -1.78. The number of rotatable bonds is 1. The lowest BCUT2D eigenvalue weighted by Crippen LogP contribution is -2.41. The molecule has 2 fully saturated rings. The molecule has 6 nitrogen and oxygen atoms in total. The second kappa shape index (κ2) is 7.17. The smallest absolute Gasteiger partial charge is 0.405 e. The van der Waals surface area contributed by atoms with Crippen molar-refractivity contribution in [3.8, 4) is 6.07 Å². The van der Waals surface area contributed by atoms with Gasteiger partial charge in [0.2, 0.25) is 0 Å². The fourth-order valence-corrected chi connectivity index (χ4v) is 2.96. The van der Waals surface area contributed by atoms with Crippen molar-refractivity contribution in [1.29, 1.82) is 5.26 Å². The van der Waals surface area contributed by atoms with Crippen LogP contribution >= 0.6 is 0 Å². The molecule has 153 valence electrons. The average molecular weight is 395 g/mol. The van der Waals surface area contributed by atoms with Crippen LogP contribution < -0.4 is 5.46 Å². The van der Waals surface area contributed by atoms with Crippen LogP contribution in [0.25, 0.3) is 10.9 Å². The fraction of sp³-hybridized carbons (Fsp3) is 0.571. The van der Waals surface area contributed by atoms with Gasteiger partial charge in [-0.2, -0.15) is 5.26 Å². The van der Waals surface area contributed by atoms with Gasteiger partial charge in [-0.1, -0.05) is 12.1 Å². The topological polar surface area (TPSA) is 76.5 Å². The summed E-state index contributed by atoms with van der Waals surface area (Å²) in [5.41, 5.74) is 1.32. The molecule has 1 N–H and O–H groups in total. The highest BCUT2D eigenvalue weighted by Gasteiger charge is 2.52. The number of nitrogens with one attached hydrogen (secondary N) is 1. The molecular weight excluding hydrogens is 366 g/mol. The minimum atomic E-state index is -0.411. The number of fused-ring (bicyclic) bond motifs is 1. The number of aromatic amines is 1. The van der Waals surface area contributed by atoms with Gasteiger partial charge in [-0.05, 0) is 73.0 Å². The summed E-state index contributed by atoms with van der Waals surface area (Å²) in [4.78, 5) is 3.08. The van der Waals surface area contributed by atoms with Gasteiger partial charge < -0.3 is 23.6 Å². The van der Waals surface area contributed by atoms with Crippen LogP contribution in [0.5, 0.6) is 0 Å². The number of H-pyrrole nitrogens is 1. The summed E-state index contributed by atoms with van der Waals surface area (Å²) in [6.45, 7) is 16.2. The van der Waals surface area contributed by atoms with Crippen molar-refractivity contribution in [3.05, 3.63) is 30.0 Å². The highest BCUT2D eigenvalue weighted by molar-refractivity contribution is 6.65. The Morgan fingerprint density at radius 2 is 1.45 bits per heavy atom. The Balaban J connectivity index is 0.000000224. The number of nitriles is 1. The summed E-state index contributed by atoms with van der Waals surface area (Å²) in [6.07, 6.45) is 0. The van der Waals surface area contributed by atoms with Gasteiger partial charge in [0.15, 0.2) is 0 Å². The van der Waals surface area contributed by atoms with Gasteiger partial charge in [-0.3, -0.25) is 0 Å². The zero-order valence-electron chi connectivity index (χ0n) is 18.5. The van der Waals surface area contributed by atoms with Gasteiger partial charge in [0.1, 0.15) is 11.8 Å². The Labute approximate surface area is 174 Å². The molecule has 29 heavy (non-hydrogen) atoms. The predicted octanol–water partition coefficient (Wildman–Crippen LogP) is 3.46. The lowest BCUT2D eigenvalue weighted by Gasteiger charge is -2.32. The van der Waals surface area contributed by atoms with Crippen molar-refractivity contribution >= 4 is 31.2 Å². The van der Waals surface area contributed by atoms with Crippen LogP contribution in [-0.4, -0.2) is 42.2 Å². The third-order valence-corrected chi connectivity index (χ3v) is 6.46. The Morgan fingerprint density at radius 1 is 0.897 bits per heavy atom. The van der Waals surface area contributed by atoms with Crippen LogP contribution in [0.2, 0.25) is 0 Å². The predicted molar refractivity (Wildman–Crippen MR) is 115 cm³/mol. The summed E-state index contributed by atoms with van der Waals surface area (Å²) in [6, 6.07) is 9.85. The first kappa shape index (κ1) is 21.9. The zero-order chi connectivity index (χ0) is 21.7. The van der Waals surface area contributed by atoms with Gasteiger partial charge in [-0.15, -0.1) is 0 Å². The third kappa shape index (κ3) is 3.97. The highest BCUT2D eigenvalue weighted by Crippen LogP contribution is 2.37. The van der Waals surface area contributed by atoms with Crippen molar-refractivity contribution in [3.63, 3.8) is 0 Å². The molecule has 1 aromatic carbocycles. The van der Waals surface area contributed by atoms with E-state index in [1.165, 1.54) is 7.69 Å². The molecule has 1 radical (unpaired) electrons. The monoisotopic (exact) mass is 395 g/mol. The van der Waals surface area contributed by atoms with Crippen LogP contribution in [0, 0.1) is 11.3 Å². The van der Waals surface area contributed by atoms with Crippen molar-refractivity contribution in [1.82, 2.24) is 4.98 Å². The molecule has 1 aromatic heterocycles. The van der Waals surface area contributed by atoms with Crippen LogP contribution in [0.15, 0.2) is 24.3 Å². The average Bonchev–Trinajstić information content (AvgIpc) is 3.20. The maximum absolute atomic E-state index is 9.02. The zero-order valence-corrected chi connectivity index (χ0v) is 18.5. The Bertz CT molecular complexity index is 914. The summed E-state index contributed by atoms with van der Waals surface area (Å²) in [5, 5.41) is 9.99. The van der Waals surface area contributed by atoms with E-state index in [9.17, 15) is 0 Å². The van der Waals surface area contributed by atoms with Crippen LogP contribution in [-0.2, 0) is 18.6 Å². The molecule has 0 amide bonds. The maximum atomic E-state index is 9.02. The van der Waals surface area contributed by atoms with E-state index in [-0.39, 0.29) is 22.4 Å². The van der Waals surface area contributed by atoms with Crippen LogP contribution in [0.4, 0.5) is 0 Å². The molecule has 0 saturated carbocycles. The molecule has 2 saturated heterocycles. The number of nitrogens with zero attached hydrogens (tertiary/aromatic N) is 1. The lowest BCUT2D eigenvalue weighted by molar-refractivity contribution is 0.00578. The molecule has 2 aliphatic rings. The quantitative estimate of drug-likeness (QED) is 0.749. The van der Waals surface area contributed by atoms with E-state index in [1.807, 2.05) is 79.7 Å². The molecule has 2 aliphatic heterocycles. The normalized spacial score (nSPS) is 23.2. The van der Waals surface area contributed by atoms with E-state index < -0.39 is 7.12 Å². The van der Waals surface area contributed by atoms with Gasteiger partial charge in [0.05, 0.1) is 22.4 Å². The maximum Gasteiger partial charge on any atom is 0.495 e. The van der Waals surface area contributed by atoms with E-state index in [0.29, 0.717) is 5.69 Å². The second-order valence-electron chi connectivity index (χ2n) is 9.54. The minimum Gasteiger partial charge on any atom is -0.405 e. The molecule has 0 aliphatic carbocycles. The summed E-state index contributed by atoms with van der Waals surface area (Å²) < 4.78 is 22.6. The van der Waals surface area contributed by atoms with E-state index in [1.54, 1.807) is 0 Å². The van der Waals surface area contributed by atoms with E-state index in [4.69, 9.17) is 23.9 Å². The number of benzene rings is 1. The molecule has 0 spiro atoms. The first-order valence-electron chi connectivity index (χ1n) is 9.84. The van der Waals surface area contributed by atoms with Gasteiger partial charge >= 0.3 is 14.8 Å². The highest BCUT2D eigenvalue weighted by atomic mass is 16.7. The van der Waals surface area contributed by atoms with E-state index in [2.05, 4.69) is 11.1 Å². The minimum absolute atomic E-state index is 0.187. The fourth-order valence-electron chi connectivity index (χ4n) is 2.96. The molecule has 3 heterocycles. The first-order valence-corrected chi connectivity index (χ1v) is 9.84. The van der Waals surface area contributed by atoms with Crippen LogP contribution in [0.1, 0.15) is 61.1 Å². The van der Waals surface area contributed by atoms with E-state index in [0.717, 1.165) is 16.4 Å². The largest absolute Gasteiger partial charge is 0.495 e. The van der Waals surface area contributed by atoms with Crippen molar-refractivity contribution < 1.29 is 18.6 Å². The van der Waals surface area contributed by atoms with E-state index >= 15 is 0 Å². The Kier molecular flexibility index (Phi) is 5.42. The molecule has 8 heteroatoms. The molecule has 2 aromatic rings. The molecule has 4 rings (SSSR count). The first-order chi connectivity index (χ1) is 13.3. The molecule has 0 unspecified atom stereocenters. The lowest BCUT2D eigenvalue weighted by atomic mass is 9.77. The summed E-state index contributed by atoms with van der Waals surface area (Å²) in [7, 11) is 1.01. The molecular formula is C21H29B2N2O4. The number of aromatic nitrogens is 1. The second-order valence-corrected chi connectivity index (χ2v) is 9.54. The van der Waals surface area contributed by atoms with Crippen molar-refractivity contribution in [2.24, 2.45) is 0 Å². The van der Waals surface area contributed by atoms with Gasteiger partial charge in [-0.25, -0.2) is 0 Å². The van der Waals surface area contributed by atoms with Gasteiger partial charge in [0, 0.05) is 10.9 Å². The van der Waals surface area contributed by atoms with Crippen molar-refractivity contribution in [2.45, 2.75) is 77.8 Å². The van der Waals surface area contributed by atoms with Gasteiger partial charge in [0.25, 0.3) is 0 Å². The van der Waals surface area contributed by atoms with Crippen LogP contribution in [0.3, 0.4) is 0 Å². The van der Waals surface area contributed by atoms with Crippen molar-refractivity contribution in [2.75, 3.05) is 0 Å². The number of hydrogen-bond acceptors (Lipinski definition) is 5. The Morgan fingerprint density at radius 3 is 1.90 bits per heavy atom. The summed E-state index contributed by atoms with van der Waals surface area (Å²) >= 11 is 0. The summed E-state index contributed by atoms with van der Waals surface area (Å²) in [5.74, 6) is 0. The third-order valence-electron chi connectivity index (χ3n) is 6.46.